The van der Waals surface area contributed by atoms with Gasteiger partial charge in [0.15, 0.2) is 0 Å². The highest BCUT2D eigenvalue weighted by Gasteiger charge is 2.40. The third-order valence-electron chi connectivity index (χ3n) is 5.45. The van der Waals surface area contributed by atoms with E-state index in [1.54, 1.807) is 23.9 Å². The molecule has 3 N–H and O–H groups in total. The van der Waals surface area contributed by atoms with Gasteiger partial charge in [0.2, 0.25) is 5.91 Å². The first kappa shape index (κ1) is 17.7. The lowest BCUT2D eigenvalue weighted by Crippen LogP contribution is -2.54. The number of hydrogen-bond donors (Lipinski definition) is 2. The second kappa shape index (κ2) is 7.87. The summed E-state index contributed by atoms with van der Waals surface area (Å²) >= 11 is 1.60. The van der Waals surface area contributed by atoms with E-state index in [1.165, 1.54) is 31.4 Å². The van der Waals surface area contributed by atoms with Gasteiger partial charge in [-0.2, -0.15) is 0 Å². The molecular weight excluding hydrogens is 323 g/mol. The quantitative estimate of drug-likeness (QED) is 0.798. The Morgan fingerprint density at radius 1 is 1.29 bits per heavy atom. The van der Waals surface area contributed by atoms with Crippen LogP contribution in [0.2, 0.25) is 0 Å². The van der Waals surface area contributed by atoms with E-state index in [-0.39, 0.29) is 17.6 Å². The van der Waals surface area contributed by atoms with Crippen LogP contribution in [0, 0.1) is 23.6 Å². The summed E-state index contributed by atoms with van der Waals surface area (Å²) in [5, 5.41) is 3.32. The molecule has 2 fully saturated rings. The number of thioether (sulfide) groups is 1. The highest BCUT2D eigenvalue weighted by molar-refractivity contribution is 7.99. The Bertz CT molecular complexity index is 551. The molecule has 2 aliphatic rings. The molecule has 0 saturated heterocycles. The van der Waals surface area contributed by atoms with Gasteiger partial charge in [-0.15, -0.1) is 11.8 Å². The Hall–Kier alpha value is -1.07. The maximum absolute atomic E-state index is 12.9. The van der Waals surface area contributed by atoms with Gasteiger partial charge in [-0.05, 0) is 61.8 Å². The van der Waals surface area contributed by atoms with Crippen molar-refractivity contribution in [3.8, 4) is 0 Å². The molecule has 1 aromatic rings. The van der Waals surface area contributed by atoms with Gasteiger partial charge in [0, 0.05) is 28.6 Å². The third-order valence-corrected chi connectivity index (χ3v) is 6.72. The zero-order valence-electron chi connectivity index (χ0n) is 14.2. The molecule has 1 aromatic carbocycles. The maximum atomic E-state index is 12.9. The largest absolute Gasteiger partial charge is 0.353 e. The number of fused-ring (bicyclic) bond motifs is 2. The van der Waals surface area contributed by atoms with Crippen molar-refractivity contribution in [1.82, 2.24) is 5.32 Å². The van der Waals surface area contributed by atoms with Crippen molar-refractivity contribution in [3.63, 3.8) is 0 Å². The molecular formula is C19H27FN2OS. The second-order valence-electron chi connectivity index (χ2n) is 7.38. The highest BCUT2D eigenvalue weighted by Crippen LogP contribution is 2.39. The Balaban J connectivity index is 1.51. The van der Waals surface area contributed by atoms with Gasteiger partial charge >= 0.3 is 0 Å². The van der Waals surface area contributed by atoms with Crippen molar-refractivity contribution in [3.05, 3.63) is 30.1 Å². The fraction of sp³-hybridized carbons (Fsp3) is 0.632. The van der Waals surface area contributed by atoms with Crippen LogP contribution in [0.1, 0.15) is 39.0 Å². The molecule has 1 amide bonds. The SMILES string of the molecule is CC(CSc1ccc(F)cc1)C(=O)NC1C2CCCC1CC(N)C2. The number of carbonyl (C=O) groups excluding carboxylic acids is 1. The monoisotopic (exact) mass is 350 g/mol. The van der Waals surface area contributed by atoms with Gasteiger partial charge in [-0.25, -0.2) is 4.39 Å². The average molecular weight is 351 g/mol. The van der Waals surface area contributed by atoms with E-state index in [0.717, 1.165) is 17.7 Å². The molecule has 0 aromatic heterocycles. The molecule has 0 heterocycles. The van der Waals surface area contributed by atoms with Crippen LogP contribution in [-0.4, -0.2) is 23.7 Å². The number of rotatable bonds is 5. The Morgan fingerprint density at radius 3 is 2.54 bits per heavy atom. The molecule has 3 unspecified atom stereocenters. The molecule has 5 heteroatoms. The third kappa shape index (κ3) is 4.31. The molecule has 3 atom stereocenters. The molecule has 24 heavy (non-hydrogen) atoms. The molecule has 132 valence electrons. The standard InChI is InChI=1S/C19H27FN2OS/c1-12(11-24-17-7-5-15(20)6-8-17)19(23)22-18-13-3-2-4-14(18)10-16(21)9-13/h5-8,12-14,16,18H,2-4,9-11,21H2,1H3,(H,22,23). The zero-order valence-corrected chi connectivity index (χ0v) is 15.0. The molecule has 3 rings (SSSR count). The minimum atomic E-state index is -0.229. The summed E-state index contributed by atoms with van der Waals surface area (Å²) in [6.45, 7) is 1.97. The first-order chi connectivity index (χ1) is 11.5. The lowest BCUT2D eigenvalue weighted by molar-refractivity contribution is -0.126. The van der Waals surface area contributed by atoms with E-state index in [4.69, 9.17) is 5.73 Å². The van der Waals surface area contributed by atoms with Gasteiger partial charge in [-0.1, -0.05) is 13.3 Å². The summed E-state index contributed by atoms with van der Waals surface area (Å²) in [7, 11) is 0. The number of amides is 1. The summed E-state index contributed by atoms with van der Waals surface area (Å²) in [4.78, 5) is 13.6. The molecule has 0 radical (unpaired) electrons. The normalized spacial score (nSPS) is 30.6. The van der Waals surface area contributed by atoms with Crippen molar-refractivity contribution in [1.29, 1.82) is 0 Å². The van der Waals surface area contributed by atoms with Gasteiger partial charge in [0.05, 0.1) is 0 Å². The predicted molar refractivity (Wildman–Crippen MR) is 96.3 cm³/mol. The van der Waals surface area contributed by atoms with Crippen LogP contribution in [0.15, 0.2) is 29.2 Å². The van der Waals surface area contributed by atoms with Crippen molar-refractivity contribution >= 4 is 17.7 Å². The molecule has 2 saturated carbocycles. The summed E-state index contributed by atoms with van der Waals surface area (Å²) in [6, 6.07) is 7.05. The van der Waals surface area contributed by atoms with E-state index in [1.807, 2.05) is 6.92 Å². The van der Waals surface area contributed by atoms with E-state index < -0.39 is 0 Å². The van der Waals surface area contributed by atoms with Crippen molar-refractivity contribution in [2.75, 3.05) is 5.75 Å². The molecule has 3 nitrogen and oxygen atoms in total. The number of nitrogens with two attached hydrogens (primary N) is 1. The van der Waals surface area contributed by atoms with Gasteiger partial charge in [-0.3, -0.25) is 4.79 Å². The molecule has 2 aliphatic carbocycles. The highest BCUT2D eigenvalue weighted by atomic mass is 32.2. The first-order valence-corrected chi connectivity index (χ1v) is 9.96. The van der Waals surface area contributed by atoms with Crippen LogP contribution in [0.3, 0.4) is 0 Å². The van der Waals surface area contributed by atoms with Crippen LogP contribution >= 0.6 is 11.8 Å². The Kier molecular flexibility index (Phi) is 5.82. The number of halogens is 1. The van der Waals surface area contributed by atoms with E-state index in [9.17, 15) is 9.18 Å². The van der Waals surface area contributed by atoms with Crippen LogP contribution in [-0.2, 0) is 4.79 Å². The fourth-order valence-electron chi connectivity index (χ4n) is 4.16. The topological polar surface area (TPSA) is 55.1 Å². The minimum absolute atomic E-state index is 0.0589. The Morgan fingerprint density at radius 2 is 1.92 bits per heavy atom. The number of carbonyl (C=O) groups is 1. The maximum Gasteiger partial charge on any atom is 0.223 e. The van der Waals surface area contributed by atoms with Crippen LogP contribution < -0.4 is 11.1 Å². The lowest BCUT2D eigenvalue weighted by atomic mass is 9.67. The zero-order chi connectivity index (χ0) is 17.1. The van der Waals surface area contributed by atoms with Crippen molar-refractivity contribution < 1.29 is 9.18 Å². The number of benzene rings is 1. The van der Waals surface area contributed by atoms with Gasteiger partial charge < -0.3 is 11.1 Å². The fourth-order valence-corrected chi connectivity index (χ4v) is 5.08. The summed E-state index contributed by atoms with van der Waals surface area (Å²) in [6.07, 6.45) is 5.73. The number of nitrogens with one attached hydrogen (secondary N) is 1. The van der Waals surface area contributed by atoms with Crippen LogP contribution in [0.5, 0.6) is 0 Å². The summed E-state index contributed by atoms with van der Waals surface area (Å²) in [5.41, 5.74) is 6.16. The van der Waals surface area contributed by atoms with Crippen LogP contribution in [0.4, 0.5) is 4.39 Å². The minimum Gasteiger partial charge on any atom is -0.353 e. The predicted octanol–water partition coefficient (Wildman–Crippen LogP) is 3.58. The van der Waals surface area contributed by atoms with Gasteiger partial charge in [0.25, 0.3) is 0 Å². The number of hydrogen-bond acceptors (Lipinski definition) is 3. The second-order valence-corrected chi connectivity index (χ2v) is 8.48. The first-order valence-electron chi connectivity index (χ1n) is 8.97. The molecule has 0 aliphatic heterocycles. The van der Waals surface area contributed by atoms with Crippen molar-refractivity contribution in [2.24, 2.45) is 23.5 Å². The molecule has 2 bridgehead atoms. The summed E-state index contributed by atoms with van der Waals surface area (Å²) < 4.78 is 12.9. The van der Waals surface area contributed by atoms with E-state index in [0.29, 0.717) is 29.7 Å². The van der Waals surface area contributed by atoms with Crippen molar-refractivity contribution in [2.45, 2.75) is 56.0 Å². The molecule has 0 spiro atoms. The smallest absolute Gasteiger partial charge is 0.223 e. The Labute approximate surface area is 148 Å². The lowest BCUT2D eigenvalue weighted by Gasteiger charge is -2.45. The van der Waals surface area contributed by atoms with E-state index >= 15 is 0 Å². The van der Waals surface area contributed by atoms with E-state index in [2.05, 4.69) is 5.32 Å². The van der Waals surface area contributed by atoms with Gasteiger partial charge in [0.1, 0.15) is 5.82 Å². The summed E-state index contributed by atoms with van der Waals surface area (Å²) in [5.74, 6) is 1.66. The average Bonchev–Trinajstić information content (AvgIpc) is 2.54. The van der Waals surface area contributed by atoms with Crippen LogP contribution in [0.25, 0.3) is 0 Å².